The zero-order chi connectivity index (χ0) is 28.5. The second-order valence-electron chi connectivity index (χ2n) is 10.0. The van der Waals surface area contributed by atoms with Crippen LogP contribution in [0.25, 0.3) is 28.0 Å². The van der Waals surface area contributed by atoms with Crippen molar-refractivity contribution in [1.82, 2.24) is 19.6 Å². The van der Waals surface area contributed by atoms with Gasteiger partial charge < -0.3 is 20.9 Å². The summed E-state index contributed by atoms with van der Waals surface area (Å²) in [5.74, 6) is -0.833. The van der Waals surface area contributed by atoms with Crippen LogP contribution in [0, 0.1) is 0 Å². The average molecular weight is 565 g/mol. The number of pyridine rings is 1. The van der Waals surface area contributed by atoms with Crippen molar-refractivity contribution in [3.05, 3.63) is 60.6 Å². The molecule has 0 saturated heterocycles. The van der Waals surface area contributed by atoms with Crippen molar-refractivity contribution in [2.24, 2.45) is 5.73 Å². The number of rotatable bonds is 9. The van der Waals surface area contributed by atoms with Gasteiger partial charge in [-0.15, -0.1) is 0 Å². The summed E-state index contributed by atoms with van der Waals surface area (Å²) in [4.78, 5) is 21.8. The Kier molecular flexibility index (Phi) is 7.58. The van der Waals surface area contributed by atoms with Crippen molar-refractivity contribution in [1.29, 1.82) is 0 Å². The van der Waals surface area contributed by atoms with Crippen LogP contribution in [0.3, 0.4) is 0 Å². The topological polar surface area (TPSA) is 165 Å². The van der Waals surface area contributed by atoms with Gasteiger partial charge in [-0.05, 0) is 31.7 Å². The molecule has 3 heterocycles. The van der Waals surface area contributed by atoms with Crippen LogP contribution < -0.4 is 11.5 Å². The van der Waals surface area contributed by atoms with E-state index in [1.807, 2.05) is 42.5 Å². The molecular weight excluding hydrogens is 532 g/mol. The molecule has 0 atom stereocenters. The molecule has 1 aliphatic rings. The molecule has 40 heavy (non-hydrogen) atoms. The number of nitrogens with zero attached hydrogens (tertiary/aromatic N) is 4. The van der Waals surface area contributed by atoms with Gasteiger partial charge in [-0.3, -0.25) is 9.78 Å². The molecule has 1 amide bonds. The normalized spacial score (nSPS) is 19.6. The predicted molar refractivity (Wildman–Crippen MR) is 150 cm³/mol. The standard InChI is InChI=1S/C28H32N6O5S/c1-38-14-15-39-28(27(30)35)12-10-19(11-13-28)23-24(40(2,36)37)25(29)34-26(33-23)21(17-32-34)20-8-9-22(31-16-20)18-6-4-3-5-7-18/h3-9,16-17,19H,10-15,29H2,1-2H3,(H2,30,35)/t19-,28-. The van der Waals surface area contributed by atoms with Crippen molar-refractivity contribution in [3.8, 4) is 22.4 Å². The van der Waals surface area contributed by atoms with E-state index < -0.39 is 21.3 Å². The zero-order valence-corrected chi connectivity index (χ0v) is 23.2. The Bertz CT molecular complexity index is 1630. The fraction of sp³-hybridized carbons (Fsp3) is 0.357. The molecule has 0 unspecified atom stereocenters. The van der Waals surface area contributed by atoms with Crippen molar-refractivity contribution in [3.63, 3.8) is 0 Å². The number of fused-ring (bicyclic) bond motifs is 1. The van der Waals surface area contributed by atoms with Gasteiger partial charge in [-0.25, -0.2) is 13.4 Å². The molecule has 1 saturated carbocycles. The molecule has 4 N–H and O–H groups in total. The molecule has 1 aliphatic carbocycles. The maximum absolute atomic E-state index is 12.9. The van der Waals surface area contributed by atoms with Crippen LogP contribution in [0.15, 0.2) is 59.8 Å². The van der Waals surface area contributed by atoms with E-state index in [9.17, 15) is 13.2 Å². The van der Waals surface area contributed by atoms with E-state index >= 15 is 0 Å². The maximum Gasteiger partial charge on any atom is 0.249 e. The van der Waals surface area contributed by atoms with Crippen LogP contribution >= 0.6 is 0 Å². The van der Waals surface area contributed by atoms with Crippen molar-refractivity contribution in [2.75, 3.05) is 32.3 Å². The first kappa shape index (κ1) is 27.7. The second kappa shape index (κ2) is 11.0. The number of hydrogen-bond acceptors (Lipinski definition) is 9. The lowest BCUT2D eigenvalue weighted by Crippen LogP contribution is -2.49. The summed E-state index contributed by atoms with van der Waals surface area (Å²) < 4.78 is 38.1. The fourth-order valence-corrected chi connectivity index (χ4v) is 6.41. The minimum Gasteiger partial charge on any atom is -0.382 e. The quantitative estimate of drug-likeness (QED) is 0.291. The lowest BCUT2D eigenvalue weighted by atomic mass is 9.77. The van der Waals surface area contributed by atoms with E-state index in [0.29, 0.717) is 49.2 Å². The number of benzene rings is 1. The molecular formula is C28H32N6O5S. The third-order valence-electron chi connectivity index (χ3n) is 7.47. The first-order valence-corrected chi connectivity index (χ1v) is 14.9. The minimum absolute atomic E-state index is 0.00861. The number of nitrogens with two attached hydrogens (primary N) is 2. The first-order chi connectivity index (χ1) is 19.1. The summed E-state index contributed by atoms with van der Waals surface area (Å²) in [6.45, 7) is 0.558. The van der Waals surface area contributed by atoms with Gasteiger partial charge in [0.15, 0.2) is 15.5 Å². The Balaban J connectivity index is 1.53. The number of carbonyl (C=O) groups is 1. The first-order valence-electron chi connectivity index (χ1n) is 13.0. The number of aromatic nitrogens is 4. The Morgan fingerprint density at radius 3 is 2.40 bits per heavy atom. The molecule has 0 spiro atoms. The van der Waals surface area contributed by atoms with E-state index in [2.05, 4.69) is 10.1 Å². The highest BCUT2D eigenvalue weighted by Crippen LogP contribution is 2.43. The lowest BCUT2D eigenvalue weighted by Gasteiger charge is -2.37. The molecule has 0 bridgehead atoms. The average Bonchev–Trinajstić information content (AvgIpc) is 3.38. The summed E-state index contributed by atoms with van der Waals surface area (Å²) in [6.07, 6.45) is 5.98. The van der Waals surface area contributed by atoms with Crippen LogP contribution in [0.1, 0.15) is 37.3 Å². The largest absolute Gasteiger partial charge is 0.382 e. The Labute approximate surface area is 232 Å². The molecule has 5 rings (SSSR count). The maximum atomic E-state index is 12.9. The molecule has 0 radical (unpaired) electrons. The van der Waals surface area contributed by atoms with Gasteiger partial charge in [-0.2, -0.15) is 9.61 Å². The number of ether oxygens (including phenoxy) is 2. The molecule has 4 aromatic rings. The third-order valence-corrected chi connectivity index (χ3v) is 8.63. The highest BCUT2D eigenvalue weighted by molar-refractivity contribution is 7.91. The van der Waals surface area contributed by atoms with E-state index in [0.717, 1.165) is 23.1 Å². The van der Waals surface area contributed by atoms with Gasteiger partial charge in [-0.1, -0.05) is 36.4 Å². The summed E-state index contributed by atoms with van der Waals surface area (Å²) in [7, 11) is -2.21. The Morgan fingerprint density at radius 2 is 1.80 bits per heavy atom. The van der Waals surface area contributed by atoms with Gasteiger partial charge in [0.05, 0.1) is 30.8 Å². The molecule has 12 heteroatoms. The van der Waals surface area contributed by atoms with Crippen LogP contribution in [-0.2, 0) is 24.1 Å². The molecule has 11 nitrogen and oxygen atoms in total. The SMILES string of the molecule is COCCO[C@]1(C(N)=O)CC[C@@H](c2nc3c(-c4ccc(-c5ccccc5)nc4)cnn3c(N)c2S(C)(=O)=O)CC1. The number of methoxy groups -OCH3 is 1. The number of anilines is 1. The molecule has 3 aromatic heterocycles. The number of sulfone groups is 1. The zero-order valence-electron chi connectivity index (χ0n) is 22.4. The molecule has 1 aromatic carbocycles. The van der Waals surface area contributed by atoms with Crippen LogP contribution in [0.5, 0.6) is 0 Å². The van der Waals surface area contributed by atoms with Gasteiger partial charge >= 0.3 is 0 Å². The summed E-state index contributed by atoms with van der Waals surface area (Å²) >= 11 is 0. The molecule has 0 aliphatic heterocycles. The number of nitrogen functional groups attached to an aromatic ring is 1. The Morgan fingerprint density at radius 1 is 1.07 bits per heavy atom. The van der Waals surface area contributed by atoms with E-state index in [4.69, 9.17) is 25.9 Å². The van der Waals surface area contributed by atoms with E-state index in [1.165, 1.54) is 4.52 Å². The number of hydrogen-bond donors (Lipinski definition) is 2. The fourth-order valence-electron chi connectivity index (χ4n) is 5.35. The summed E-state index contributed by atoms with van der Waals surface area (Å²) in [6, 6.07) is 13.7. The monoisotopic (exact) mass is 564 g/mol. The van der Waals surface area contributed by atoms with Crippen LogP contribution in [0.2, 0.25) is 0 Å². The number of primary amides is 1. The van der Waals surface area contributed by atoms with Crippen LogP contribution in [0.4, 0.5) is 5.82 Å². The van der Waals surface area contributed by atoms with Crippen molar-refractivity contribution >= 4 is 27.2 Å². The summed E-state index contributed by atoms with van der Waals surface area (Å²) in [5, 5.41) is 4.37. The Hall–Kier alpha value is -3.87. The van der Waals surface area contributed by atoms with Crippen molar-refractivity contribution in [2.45, 2.75) is 42.1 Å². The predicted octanol–water partition coefficient (Wildman–Crippen LogP) is 2.99. The highest BCUT2D eigenvalue weighted by atomic mass is 32.2. The molecule has 1 fully saturated rings. The minimum atomic E-state index is -3.76. The van der Waals surface area contributed by atoms with Gasteiger partial charge in [0.1, 0.15) is 16.3 Å². The van der Waals surface area contributed by atoms with Crippen LogP contribution in [-0.4, -0.2) is 66.1 Å². The van der Waals surface area contributed by atoms with E-state index in [1.54, 1.807) is 19.5 Å². The lowest BCUT2D eigenvalue weighted by molar-refractivity contribution is -0.151. The van der Waals surface area contributed by atoms with Gasteiger partial charge in [0.2, 0.25) is 5.91 Å². The second-order valence-corrected chi connectivity index (χ2v) is 12.0. The third kappa shape index (κ3) is 5.17. The van der Waals surface area contributed by atoms with E-state index in [-0.39, 0.29) is 23.2 Å². The van der Waals surface area contributed by atoms with Gasteiger partial charge in [0, 0.05) is 42.2 Å². The number of carbonyl (C=O) groups excluding carboxylic acids is 1. The highest BCUT2D eigenvalue weighted by Gasteiger charge is 2.43. The smallest absolute Gasteiger partial charge is 0.249 e. The summed E-state index contributed by atoms with van der Waals surface area (Å²) in [5.41, 5.74) is 15.1. The van der Waals surface area contributed by atoms with Crippen molar-refractivity contribution < 1.29 is 22.7 Å². The molecule has 210 valence electrons. The van der Waals surface area contributed by atoms with Gasteiger partial charge in [0.25, 0.3) is 0 Å². The number of amides is 1.